The molecule has 0 radical (unpaired) electrons. The molecule has 0 saturated carbocycles. The lowest BCUT2D eigenvalue weighted by Gasteiger charge is -2.28. The second kappa shape index (κ2) is 7.27. The highest BCUT2D eigenvalue weighted by Gasteiger charge is 2.35. The summed E-state index contributed by atoms with van der Waals surface area (Å²) < 4.78 is 5.06. The summed E-state index contributed by atoms with van der Waals surface area (Å²) in [6, 6.07) is 5.74. The van der Waals surface area contributed by atoms with E-state index in [1.165, 1.54) is 18.2 Å². The molecule has 0 unspecified atom stereocenters. The van der Waals surface area contributed by atoms with Gasteiger partial charge < -0.3 is 10.1 Å². The number of carbonyl (C=O) groups is 2. The standard InChI is InChI=1S/C16H15ClN2O5/c1-3-24-16(21)13-9(2)18-15(17)12(8-20)14(13)10-5-4-6-11(7-10)19(22)23/h4-8,14,18H,3H2,1-2H3/t14-/m0/s1. The number of allylic oxidation sites excluding steroid dienone is 2. The van der Waals surface area contributed by atoms with Gasteiger partial charge in [-0.05, 0) is 19.4 Å². The van der Waals surface area contributed by atoms with Crippen molar-refractivity contribution in [2.45, 2.75) is 19.8 Å². The molecule has 2 rings (SSSR count). The van der Waals surface area contributed by atoms with Crippen molar-refractivity contribution in [3.05, 3.63) is 61.9 Å². The first-order valence-corrected chi connectivity index (χ1v) is 7.52. The predicted octanol–water partition coefficient (Wildman–Crippen LogP) is 2.77. The van der Waals surface area contributed by atoms with Crippen LogP contribution in [-0.4, -0.2) is 23.8 Å². The van der Waals surface area contributed by atoms with Crippen LogP contribution in [0, 0.1) is 10.1 Å². The van der Waals surface area contributed by atoms with Crippen LogP contribution in [0.1, 0.15) is 25.3 Å². The summed E-state index contributed by atoms with van der Waals surface area (Å²) in [4.78, 5) is 34.3. The lowest BCUT2D eigenvalue weighted by atomic mass is 9.82. The predicted molar refractivity (Wildman–Crippen MR) is 87.2 cm³/mol. The van der Waals surface area contributed by atoms with E-state index in [1.54, 1.807) is 19.9 Å². The van der Waals surface area contributed by atoms with E-state index in [4.69, 9.17) is 16.3 Å². The van der Waals surface area contributed by atoms with Crippen LogP contribution >= 0.6 is 11.6 Å². The fourth-order valence-corrected chi connectivity index (χ4v) is 2.86. The second-order valence-electron chi connectivity index (χ2n) is 5.06. The summed E-state index contributed by atoms with van der Waals surface area (Å²) in [5, 5.41) is 13.9. The third-order valence-corrected chi connectivity index (χ3v) is 3.90. The van der Waals surface area contributed by atoms with Gasteiger partial charge in [-0.2, -0.15) is 0 Å². The van der Waals surface area contributed by atoms with E-state index in [-0.39, 0.29) is 28.6 Å². The van der Waals surface area contributed by atoms with Crippen LogP contribution in [0.15, 0.2) is 46.3 Å². The molecule has 0 spiro atoms. The number of rotatable bonds is 5. The van der Waals surface area contributed by atoms with Crippen molar-refractivity contribution in [3.8, 4) is 0 Å². The van der Waals surface area contributed by atoms with Crippen molar-refractivity contribution in [3.63, 3.8) is 0 Å². The fraction of sp³-hybridized carbons (Fsp3) is 0.250. The summed E-state index contributed by atoms with van der Waals surface area (Å²) in [6.45, 7) is 3.45. The Kier molecular flexibility index (Phi) is 5.35. The molecule has 0 bridgehead atoms. The molecule has 0 saturated heterocycles. The van der Waals surface area contributed by atoms with E-state index in [0.29, 0.717) is 17.5 Å². The van der Waals surface area contributed by atoms with E-state index in [9.17, 15) is 19.7 Å². The molecule has 1 aromatic carbocycles. The molecule has 0 aliphatic carbocycles. The smallest absolute Gasteiger partial charge is 0.336 e. The number of nitrogens with zero attached hydrogens (tertiary/aromatic N) is 1. The molecule has 1 heterocycles. The van der Waals surface area contributed by atoms with Gasteiger partial charge in [0, 0.05) is 29.3 Å². The summed E-state index contributed by atoms with van der Waals surface area (Å²) in [5.41, 5.74) is 1.01. The van der Waals surface area contributed by atoms with Gasteiger partial charge >= 0.3 is 5.97 Å². The molecule has 1 atom stereocenters. The third kappa shape index (κ3) is 3.30. The molecule has 0 fully saturated rings. The van der Waals surface area contributed by atoms with Crippen LogP contribution in [0.2, 0.25) is 0 Å². The molecular formula is C16H15ClN2O5. The van der Waals surface area contributed by atoms with Gasteiger partial charge in [-0.15, -0.1) is 0 Å². The number of benzene rings is 1. The number of non-ortho nitro benzene ring substituents is 1. The Labute approximate surface area is 143 Å². The molecule has 1 aliphatic heterocycles. The number of nitro groups is 1. The number of nitro benzene ring substituents is 1. The monoisotopic (exact) mass is 350 g/mol. The van der Waals surface area contributed by atoms with Gasteiger partial charge in [0.15, 0.2) is 0 Å². The fourth-order valence-electron chi connectivity index (χ4n) is 2.57. The summed E-state index contributed by atoms with van der Waals surface area (Å²) in [5.74, 6) is -1.45. The van der Waals surface area contributed by atoms with Gasteiger partial charge in [0.25, 0.3) is 5.69 Å². The van der Waals surface area contributed by atoms with E-state index in [0.717, 1.165) is 0 Å². The number of halogens is 1. The van der Waals surface area contributed by atoms with Gasteiger partial charge in [-0.1, -0.05) is 23.7 Å². The van der Waals surface area contributed by atoms with E-state index >= 15 is 0 Å². The zero-order valence-corrected chi connectivity index (χ0v) is 13.8. The molecule has 1 aromatic rings. The Hall–Kier alpha value is -2.67. The van der Waals surface area contributed by atoms with Gasteiger partial charge in [0.05, 0.1) is 17.1 Å². The van der Waals surface area contributed by atoms with Crippen molar-refractivity contribution < 1.29 is 19.2 Å². The zero-order chi connectivity index (χ0) is 17.9. The van der Waals surface area contributed by atoms with Crippen LogP contribution in [-0.2, 0) is 14.3 Å². The number of hydrogen-bond acceptors (Lipinski definition) is 6. The molecule has 1 aliphatic rings. The molecule has 1 N–H and O–H groups in total. The lowest BCUT2D eigenvalue weighted by molar-refractivity contribution is -0.384. The molecular weight excluding hydrogens is 336 g/mol. The lowest BCUT2D eigenvalue weighted by Crippen LogP contribution is -2.29. The third-order valence-electron chi connectivity index (χ3n) is 3.59. The van der Waals surface area contributed by atoms with Crippen LogP contribution in [0.5, 0.6) is 0 Å². The maximum atomic E-state index is 12.3. The largest absolute Gasteiger partial charge is 0.463 e. The van der Waals surface area contributed by atoms with Crippen molar-refractivity contribution >= 4 is 29.5 Å². The number of nitrogens with one attached hydrogen (secondary N) is 1. The molecule has 0 amide bonds. The number of ether oxygens (including phenoxy) is 1. The van der Waals surface area contributed by atoms with Crippen molar-refractivity contribution in [1.29, 1.82) is 0 Å². The first-order chi connectivity index (χ1) is 11.4. The molecule has 24 heavy (non-hydrogen) atoms. The number of aldehydes is 1. The minimum absolute atomic E-state index is 0.0760. The number of hydrogen-bond donors (Lipinski definition) is 1. The minimum atomic E-state index is -0.838. The molecule has 8 heteroatoms. The summed E-state index contributed by atoms with van der Waals surface area (Å²) >= 11 is 6.09. The highest BCUT2D eigenvalue weighted by Crippen LogP contribution is 2.39. The molecule has 7 nitrogen and oxygen atoms in total. The van der Waals surface area contributed by atoms with E-state index < -0.39 is 16.8 Å². The normalized spacial score (nSPS) is 17.4. The van der Waals surface area contributed by atoms with Gasteiger partial charge in [-0.3, -0.25) is 14.9 Å². The van der Waals surface area contributed by atoms with Crippen molar-refractivity contribution in [1.82, 2.24) is 5.32 Å². The van der Waals surface area contributed by atoms with E-state index in [2.05, 4.69) is 5.32 Å². The number of dihydropyridines is 1. The number of carbonyl (C=O) groups excluding carboxylic acids is 2. The summed E-state index contributed by atoms with van der Waals surface area (Å²) in [6.07, 6.45) is 0.532. The minimum Gasteiger partial charge on any atom is -0.463 e. The van der Waals surface area contributed by atoms with Crippen molar-refractivity contribution in [2.75, 3.05) is 6.61 Å². The SMILES string of the molecule is CCOC(=O)C1=C(C)NC(Cl)=C(C=O)[C@@H]1c1cccc([N+](=O)[O-])c1. The average molecular weight is 351 g/mol. The highest BCUT2D eigenvalue weighted by molar-refractivity contribution is 6.31. The Morgan fingerprint density at radius 2 is 2.21 bits per heavy atom. The second-order valence-corrected chi connectivity index (χ2v) is 5.43. The number of esters is 1. The quantitative estimate of drug-likeness (QED) is 0.288. The Bertz CT molecular complexity index is 769. The van der Waals surface area contributed by atoms with Gasteiger partial charge in [0.2, 0.25) is 0 Å². The molecule has 0 aromatic heterocycles. The van der Waals surface area contributed by atoms with Crippen LogP contribution in [0.25, 0.3) is 0 Å². The maximum absolute atomic E-state index is 12.3. The Morgan fingerprint density at radius 1 is 1.50 bits per heavy atom. The van der Waals surface area contributed by atoms with Crippen LogP contribution < -0.4 is 5.32 Å². The topological polar surface area (TPSA) is 98.5 Å². The van der Waals surface area contributed by atoms with Gasteiger partial charge in [-0.25, -0.2) is 4.79 Å². The zero-order valence-electron chi connectivity index (χ0n) is 13.0. The van der Waals surface area contributed by atoms with E-state index in [1.807, 2.05) is 0 Å². The molecule has 126 valence electrons. The highest BCUT2D eigenvalue weighted by atomic mass is 35.5. The Morgan fingerprint density at radius 3 is 2.79 bits per heavy atom. The first-order valence-electron chi connectivity index (χ1n) is 7.14. The van der Waals surface area contributed by atoms with Gasteiger partial charge in [0.1, 0.15) is 11.4 Å². The maximum Gasteiger partial charge on any atom is 0.336 e. The summed E-state index contributed by atoms with van der Waals surface area (Å²) in [7, 11) is 0. The Balaban J connectivity index is 2.64. The van der Waals surface area contributed by atoms with Crippen LogP contribution in [0.4, 0.5) is 5.69 Å². The first kappa shape index (κ1) is 17.7. The average Bonchev–Trinajstić information content (AvgIpc) is 2.54. The van der Waals surface area contributed by atoms with Crippen molar-refractivity contribution in [2.24, 2.45) is 0 Å². The van der Waals surface area contributed by atoms with Crippen LogP contribution in [0.3, 0.4) is 0 Å².